The third-order valence-electron chi connectivity index (χ3n) is 3.11. The second-order valence-corrected chi connectivity index (χ2v) is 4.64. The van der Waals surface area contributed by atoms with Crippen LogP contribution < -0.4 is 14.8 Å². The van der Waals surface area contributed by atoms with Crippen LogP contribution in [0.5, 0.6) is 11.5 Å². The number of hydrogen-bond donors (Lipinski definition) is 1. The Morgan fingerprint density at radius 1 is 1.40 bits per heavy atom. The molecule has 104 valence electrons. The highest BCUT2D eigenvalue weighted by molar-refractivity contribution is 5.40. The lowest BCUT2D eigenvalue weighted by Gasteiger charge is -2.26. The second kappa shape index (κ2) is 5.79. The highest BCUT2D eigenvalue weighted by Crippen LogP contribution is 2.30. The number of nitrogens with zero attached hydrogens (tertiary/aromatic N) is 2. The maximum Gasteiger partial charge on any atom is 0.161 e. The number of fused-ring (bicyclic) bond motifs is 1. The van der Waals surface area contributed by atoms with Crippen LogP contribution in [0.2, 0.25) is 0 Å². The molecule has 0 aliphatic carbocycles. The fourth-order valence-corrected chi connectivity index (χ4v) is 2.11. The van der Waals surface area contributed by atoms with E-state index in [9.17, 15) is 0 Å². The first kappa shape index (κ1) is 12.7. The summed E-state index contributed by atoms with van der Waals surface area (Å²) in [5, 5.41) is 7.48. The summed E-state index contributed by atoms with van der Waals surface area (Å²) < 4.78 is 13.2. The number of aromatic nitrogens is 2. The molecule has 0 amide bonds. The summed E-state index contributed by atoms with van der Waals surface area (Å²) in [6.07, 6.45) is 5.45. The van der Waals surface area contributed by atoms with E-state index in [4.69, 9.17) is 9.47 Å². The molecule has 0 spiro atoms. The lowest BCUT2D eigenvalue weighted by Crippen LogP contribution is -2.38. The maximum atomic E-state index is 5.87. The van der Waals surface area contributed by atoms with Crippen LogP contribution >= 0.6 is 0 Å². The van der Waals surface area contributed by atoms with E-state index in [0.29, 0.717) is 6.61 Å². The molecule has 3 rings (SSSR count). The van der Waals surface area contributed by atoms with Gasteiger partial charge in [0.05, 0.1) is 6.20 Å². The summed E-state index contributed by atoms with van der Waals surface area (Å²) in [7, 11) is 0. The lowest BCUT2D eigenvalue weighted by molar-refractivity contribution is 0.0902. The van der Waals surface area contributed by atoms with Crippen molar-refractivity contribution in [2.75, 3.05) is 13.2 Å². The zero-order valence-corrected chi connectivity index (χ0v) is 11.2. The maximum absolute atomic E-state index is 5.87. The van der Waals surface area contributed by atoms with Gasteiger partial charge >= 0.3 is 0 Å². The Labute approximate surface area is 117 Å². The molecule has 1 unspecified atom stereocenters. The van der Waals surface area contributed by atoms with Crippen molar-refractivity contribution < 1.29 is 9.47 Å². The summed E-state index contributed by atoms with van der Waals surface area (Å²) in [5.74, 6) is 1.63. The zero-order valence-electron chi connectivity index (χ0n) is 11.2. The molecule has 1 aliphatic heterocycles. The molecule has 1 N–H and O–H groups in total. The van der Waals surface area contributed by atoms with Crippen LogP contribution in [0.4, 0.5) is 0 Å². The van der Waals surface area contributed by atoms with E-state index in [2.05, 4.69) is 17.0 Å². The molecule has 1 aliphatic rings. The third-order valence-corrected chi connectivity index (χ3v) is 3.11. The Hall–Kier alpha value is -2.27. The zero-order chi connectivity index (χ0) is 13.8. The molecule has 1 aromatic carbocycles. The molecule has 1 atom stereocenters. The summed E-state index contributed by atoms with van der Waals surface area (Å²) >= 11 is 0. The molecular weight excluding hydrogens is 254 g/mol. The minimum absolute atomic E-state index is 0.0272. The van der Waals surface area contributed by atoms with Gasteiger partial charge in [-0.25, -0.2) is 4.68 Å². The highest BCUT2D eigenvalue weighted by Gasteiger charge is 2.19. The monoisotopic (exact) mass is 271 g/mol. The van der Waals surface area contributed by atoms with Crippen molar-refractivity contribution in [3.05, 3.63) is 48.8 Å². The number of benzene rings is 1. The molecule has 5 nitrogen and oxygen atoms in total. The third kappa shape index (κ3) is 2.83. The average Bonchev–Trinajstić information content (AvgIpc) is 2.95. The second-order valence-electron chi connectivity index (χ2n) is 4.64. The summed E-state index contributed by atoms with van der Waals surface area (Å²) in [6.45, 7) is 5.70. The fourth-order valence-electron chi connectivity index (χ4n) is 2.11. The summed E-state index contributed by atoms with van der Waals surface area (Å²) in [5.41, 5.74) is 1.11. The van der Waals surface area contributed by atoms with Crippen LogP contribution in [-0.4, -0.2) is 29.0 Å². The van der Waals surface area contributed by atoms with Gasteiger partial charge in [0.2, 0.25) is 0 Å². The van der Waals surface area contributed by atoms with E-state index < -0.39 is 0 Å². The largest absolute Gasteiger partial charge is 0.486 e. The van der Waals surface area contributed by atoms with Crippen molar-refractivity contribution in [2.24, 2.45) is 0 Å². The van der Waals surface area contributed by atoms with Gasteiger partial charge in [-0.3, -0.25) is 0 Å². The van der Waals surface area contributed by atoms with Gasteiger partial charge in [-0.2, -0.15) is 5.10 Å². The minimum atomic E-state index is 0.0272. The van der Waals surface area contributed by atoms with Crippen LogP contribution in [0.3, 0.4) is 0 Å². The van der Waals surface area contributed by atoms with E-state index in [-0.39, 0.29) is 6.10 Å². The van der Waals surface area contributed by atoms with Crippen molar-refractivity contribution in [1.29, 1.82) is 0 Å². The van der Waals surface area contributed by atoms with Crippen molar-refractivity contribution in [3.8, 4) is 11.5 Å². The van der Waals surface area contributed by atoms with Gasteiger partial charge in [0.15, 0.2) is 11.5 Å². The van der Waals surface area contributed by atoms with Gasteiger partial charge in [0, 0.05) is 31.0 Å². The molecule has 0 fully saturated rings. The fraction of sp³-hybridized carbons (Fsp3) is 0.267. The quantitative estimate of drug-likeness (QED) is 0.902. The number of nitrogens with one attached hydrogen (secondary N) is 1. The molecule has 5 heteroatoms. The van der Waals surface area contributed by atoms with E-state index >= 15 is 0 Å². The van der Waals surface area contributed by atoms with Crippen LogP contribution in [0.15, 0.2) is 43.2 Å². The topological polar surface area (TPSA) is 48.3 Å². The number of ether oxygens (including phenoxy) is 2. The minimum Gasteiger partial charge on any atom is -0.486 e. The number of hydrogen-bond acceptors (Lipinski definition) is 4. The van der Waals surface area contributed by atoms with E-state index in [1.165, 1.54) is 0 Å². The smallest absolute Gasteiger partial charge is 0.161 e. The molecule has 20 heavy (non-hydrogen) atoms. The van der Waals surface area contributed by atoms with E-state index in [1.807, 2.05) is 36.7 Å². The predicted octanol–water partition coefficient (Wildman–Crippen LogP) is 1.91. The Balaban J connectivity index is 1.49. The normalized spacial score (nSPS) is 16.9. The van der Waals surface area contributed by atoms with Crippen LogP contribution in [-0.2, 0) is 6.54 Å². The first-order chi connectivity index (χ1) is 9.85. The summed E-state index contributed by atoms with van der Waals surface area (Å²) in [6, 6.07) is 7.73. The molecule has 0 bridgehead atoms. The molecule has 0 radical (unpaired) electrons. The Morgan fingerprint density at radius 3 is 3.05 bits per heavy atom. The van der Waals surface area contributed by atoms with Gasteiger partial charge in [0.1, 0.15) is 12.7 Å². The number of para-hydroxylation sites is 2. The first-order valence-corrected chi connectivity index (χ1v) is 6.60. The van der Waals surface area contributed by atoms with Gasteiger partial charge in [-0.15, -0.1) is 0 Å². The van der Waals surface area contributed by atoms with Gasteiger partial charge in [0.25, 0.3) is 0 Å². The van der Waals surface area contributed by atoms with Crippen molar-refractivity contribution in [2.45, 2.75) is 12.6 Å². The first-order valence-electron chi connectivity index (χ1n) is 6.60. The van der Waals surface area contributed by atoms with E-state index in [0.717, 1.165) is 30.2 Å². The Bertz CT molecular complexity index is 594. The van der Waals surface area contributed by atoms with Gasteiger partial charge < -0.3 is 14.8 Å². The van der Waals surface area contributed by atoms with Crippen molar-refractivity contribution >= 4 is 6.20 Å². The van der Waals surface area contributed by atoms with Gasteiger partial charge in [-0.1, -0.05) is 18.7 Å². The van der Waals surface area contributed by atoms with Crippen molar-refractivity contribution in [3.63, 3.8) is 0 Å². The predicted molar refractivity (Wildman–Crippen MR) is 76.7 cm³/mol. The standard InChI is InChI=1S/C15H17N3O2/c1-2-18-10-12(8-17-18)7-16-9-13-11-19-14-5-3-4-6-15(14)20-13/h2-6,8,10,13,16H,1,7,9,11H2. The van der Waals surface area contributed by atoms with Crippen LogP contribution in [0.25, 0.3) is 6.20 Å². The summed E-state index contributed by atoms with van der Waals surface area (Å²) in [4.78, 5) is 0. The average molecular weight is 271 g/mol. The molecular formula is C15H17N3O2. The molecule has 0 saturated heterocycles. The van der Waals surface area contributed by atoms with Crippen molar-refractivity contribution in [1.82, 2.24) is 15.1 Å². The highest BCUT2D eigenvalue weighted by atomic mass is 16.6. The molecule has 0 saturated carbocycles. The van der Waals surface area contributed by atoms with Gasteiger partial charge in [-0.05, 0) is 12.1 Å². The SMILES string of the molecule is C=Cn1cc(CNCC2COc3ccccc3O2)cn1. The lowest BCUT2D eigenvalue weighted by atomic mass is 10.2. The Morgan fingerprint density at radius 2 is 2.25 bits per heavy atom. The molecule has 1 aromatic heterocycles. The molecule has 2 aromatic rings. The Kier molecular flexibility index (Phi) is 3.69. The van der Waals surface area contributed by atoms with Crippen LogP contribution in [0, 0.1) is 0 Å². The molecule has 2 heterocycles. The number of rotatable bonds is 5. The van der Waals surface area contributed by atoms with E-state index in [1.54, 1.807) is 10.9 Å². The van der Waals surface area contributed by atoms with Crippen LogP contribution in [0.1, 0.15) is 5.56 Å².